The van der Waals surface area contributed by atoms with Crippen molar-refractivity contribution in [2.24, 2.45) is 5.41 Å². The van der Waals surface area contributed by atoms with Gasteiger partial charge in [0.15, 0.2) is 10.9 Å². The van der Waals surface area contributed by atoms with Crippen LogP contribution in [-0.4, -0.2) is 35.3 Å². The molecule has 0 atom stereocenters. The van der Waals surface area contributed by atoms with Crippen molar-refractivity contribution in [1.82, 2.24) is 4.98 Å². The van der Waals surface area contributed by atoms with Gasteiger partial charge in [0.05, 0.1) is 4.92 Å². The number of nitrogens with zero attached hydrogens (tertiary/aromatic N) is 3. The van der Waals surface area contributed by atoms with E-state index in [2.05, 4.69) is 4.98 Å². The molecule has 0 aliphatic carbocycles. The van der Waals surface area contributed by atoms with Gasteiger partial charge >= 0.3 is 12.4 Å². The van der Waals surface area contributed by atoms with Gasteiger partial charge in [0, 0.05) is 35.9 Å². The molecule has 0 saturated carbocycles. The van der Waals surface area contributed by atoms with Crippen LogP contribution in [0.1, 0.15) is 12.1 Å². The quantitative estimate of drug-likeness (QED) is 0.419. The van der Waals surface area contributed by atoms with Crippen molar-refractivity contribution in [3.8, 4) is 0 Å². The fourth-order valence-electron chi connectivity index (χ4n) is 3.39. The monoisotopic (exact) mass is 393 g/mol. The van der Waals surface area contributed by atoms with Crippen LogP contribution in [0.15, 0.2) is 24.3 Å². The lowest BCUT2D eigenvalue weighted by atomic mass is 9.85. The Hall–Kier alpha value is -2.59. The fourth-order valence-corrected chi connectivity index (χ4v) is 3.39. The minimum atomic E-state index is -5.47. The summed E-state index contributed by atoms with van der Waals surface area (Å²) in [4.78, 5) is 15.5. The number of aromatic nitrogens is 1. The number of anilines is 1. The highest BCUT2D eigenvalue weighted by Crippen LogP contribution is 2.56. The van der Waals surface area contributed by atoms with Gasteiger partial charge in [-0.1, -0.05) is 12.1 Å². The highest BCUT2D eigenvalue weighted by atomic mass is 19.4. The van der Waals surface area contributed by atoms with Crippen LogP contribution in [0.5, 0.6) is 0 Å². The summed E-state index contributed by atoms with van der Waals surface area (Å²) in [6, 6.07) is 5.23. The highest BCUT2D eigenvalue weighted by Gasteiger charge is 2.72. The number of pyridine rings is 1. The number of hydrogen-bond donors (Lipinski definition) is 0. The van der Waals surface area contributed by atoms with Gasteiger partial charge in [0.2, 0.25) is 0 Å². The zero-order valence-electron chi connectivity index (χ0n) is 13.9. The molecule has 27 heavy (non-hydrogen) atoms. The molecule has 1 fully saturated rings. The van der Waals surface area contributed by atoms with E-state index in [0.29, 0.717) is 0 Å². The van der Waals surface area contributed by atoms with E-state index in [1.807, 2.05) is 0 Å². The number of hydrogen-bond acceptors (Lipinski definition) is 4. The zero-order valence-corrected chi connectivity index (χ0v) is 13.9. The number of non-ortho nitro benzene ring substituents is 1. The number of alkyl halides is 6. The van der Waals surface area contributed by atoms with Gasteiger partial charge < -0.3 is 4.90 Å². The molecule has 1 saturated heterocycles. The largest absolute Gasteiger partial charge is 0.404 e. The Bertz CT molecular complexity index is 895. The molecule has 1 aliphatic rings. The lowest BCUT2D eigenvalue weighted by Crippen LogP contribution is -2.51. The molecule has 1 aromatic heterocycles. The van der Waals surface area contributed by atoms with Crippen molar-refractivity contribution in [3.63, 3.8) is 0 Å². The van der Waals surface area contributed by atoms with Crippen LogP contribution in [0.4, 0.5) is 37.7 Å². The summed E-state index contributed by atoms with van der Waals surface area (Å²) in [7, 11) is 0. The molecule has 2 aromatic rings. The maximum absolute atomic E-state index is 13.3. The molecule has 3 rings (SSSR count). The Morgan fingerprint density at radius 1 is 1.19 bits per heavy atom. The molecule has 0 amide bonds. The maximum Gasteiger partial charge on any atom is 0.404 e. The predicted molar refractivity (Wildman–Crippen MR) is 84.5 cm³/mol. The molecule has 0 spiro atoms. The Balaban J connectivity index is 2.15. The topological polar surface area (TPSA) is 59.3 Å². The number of aryl methyl sites for hydroxylation is 1. The summed E-state index contributed by atoms with van der Waals surface area (Å²) in [5.41, 5.74) is -3.96. The van der Waals surface area contributed by atoms with Gasteiger partial charge in [-0.25, -0.2) is 4.98 Å². The van der Waals surface area contributed by atoms with Gasteiger partial charge in [-0.05, 0) is 19.4 Å². The number of rotatable bonds is 2. The van der Waals surface area contributed by atoms with Crippen molar-refractivity contribution in [2.75, 3.05) is 18.0 Å². The summed E-state index contributed by atoms with van der Waals surface area (Å²) in [6.45, 7) is -0.321. The van der Waals surface area contributed by atoms with Gasteiger partial charge in [-0.2, -0.15) is 26.3 Å². The van der Waals surface area contributed by atoms with Gasteiger partial charge in [0.1, 0.15) is 0 Å². The van der Waals surface area contributed by atoms with E-state index >= 15 is 0 Å². The van der Waals surface area contributed by atoms with E-state index in [-0.39, 0.29) is 28.0 Å². The summed E-state index contributed by atoms with van der Waals surface area (Å²) >= 11 is 0. The van der Waals surface area contributed by atoms with E-state index in [4.69, 9.17) is 0 Å². The van der Waals surface area contributed by atoms with Crippen molar-refractivity contribution < 1.29 is 31.3 Å². The van der Waals surface area contributed by atoms with E-state index in [9.17, 15) is 36.5 Å². The smallest absolute Gasteiger partial charge is 0.370 e. The molecule has 11 heteroatoms. The molecule has 0 bridgehead atoms. The van der Waals surface area contributed by atoms with Crippen LogP contribution in [0.2, 0.25) is 0 Å². The first kappa shape index (κ1) is 19.2. The van der Waals surface area contributed by atoms with Crippen LogP contribution < -0.4 is 4.90 Å². The van der Waals surface area contributed by atoms with Crippen molar-refractivity contribution in [3.05, 3.63) is 40.1 Å². The average Bonchev–Trinajstić information content (AvgIpc) is 2.99. The summed E-state index contributed by atoms with van der Waals surface area (Å²) in [5, 5.41) is 11.3. The number of halogens is 6. The second-order valence-corrected chi connectivity index (χ2v) is 6.46. The minimum Gasteiger partial charge on any atom is -0.370 e. The molecule has 0 radical (unpaired) electrons. The average molecular weight is 393 g/mol. The van der Waals surface area contributed by atoms with Crippen LogP contribution in [0.3, 0.4) is 0 Å². The first-order valence-corrected chi connectivity index (χ1v) is 7.80. The Labute approximate surface area is 148 Å². The second-order valence-electron chi connectivity index (χ2n) is 6.46. The Morgan fingerprint density at radius 3 is 2.33 bits per heavy atom. The lowest BCUT2D eigenvalue weighted by Gasteiger charge is -2.34. The summed E-state index contributed by atoms with van der Waals surface area (Å²) in [5.74, 6) is 0. The molecular weight excluding hydrogens is 380 g/mol. The summed E-state index contributed by atoms with van der Waals surface area (Å²) in [6.07, 6.45) is -12.1. The highest BCUT2D eigenvalue weighted by molar-refractivity contribution is 5.97. The molecule has 1 aromatic carbocycles. The number of benzene rings is 1. The lowest BCUT2D eigenvalue weighted by molar-refractivity contribution is -0.383. The minimum absolute atomic E-state index is 0.0663. The number of nitro benzene ring substituents is 1. The van der Waals surface area contributed by atoms with Crippen LogP contribution in [0.25, 0.3) is 10.9 Å². The SMILES string of the molecule is Cc1cc(N2CCC(C(F)(F)F)(C(F)(F)F)C2)c2cccc([N+](=O)[O-])c2n1. The third-order valence-corrected chi connectivity index (χ3v) is 4.82. The van der Waals surface area contributed by atoms with Gasteiger partial charge in [-0.3, -0.25) is 10.1 Å². The third kappa shape index (κ3) is 2.94. The molecule has 2 heterocycles. The molecule has 0 N–H and O–H groups in total. The fraction of sp³-hybridized carbons (Fsp3) is 0.438. The first-order valence-electron chi connectivity index (χ1n) is 7.80. The second kappa shape index (κ2) is 5.96. The molecule has 5 nitrogen and oxygen atoms in total. The summed E-state index contributed by atoms with van der Waals surface area (Å²) < 4.78 is 79.9. The van der Waals surface area contributed by atoms with E-state index in [1.165, 1.54) is 31.2 Å². The maximum atomic E-state index is 13.3. The number of fused-ring (bicyclic) bond motifs is 1. The Morgan fingerprint density at radius 2 is 1.81 bits per heavy atom. The first-order chi connectivity index (χ1) is 12.4. The molecular formula is C16H13F6N3O2. The molecule has 1 aliphatic heterocycles. The van der Waals surface area contributed by atoms with E-state index in [0.717, 1.165) is 4.90 Å². The Kier molecular flexibility index (Phi) is 4.23. The zero-order chi connectivity index (χ0) is 20.2. The van der Waals surface area contributed by atoms with Crippen molar-refractivity contribution >= 4 is 22.3 Å². The number of nitro groups is 1. The van der Waals surface area contributed by atoms with Gasteiger partial charge in [-0.15, -0.1) is 0 Å². The van der Waals surface area contributed by atoms with E-state index in [1.54, 1.807) is 0 Å². The van der Waals surface area contributed by atoms with Gasteiger partial charge in [0.25, 0.3) is 5.69 Å². The van der Waals surface area contributed by atoms with Crippen molar-refractivity contribution in [2.45, 2.75) is 25.7 Å². The number of para-hydroxylation sites is 1. The van der Waals surface area contributed by atoms with Crippen molar-refractivity contribution in [1.29, 1.82) is 0 Å². The van der Waals surface area contributed by atoms with Crippen LogP contribution in [-0.2, 0) is 0 Å². The molecule has 146 valence electrons. The third-order valence-electron chi connectivity index (χ3n) is 4.82. The van der Waals surface area contributed by atoms with Crippen LogP contribution >= 0.6 is 0 Å². The van der Waals surface area contributed by atoms with Crippen LogP contribution in [0, 0.1) is 22.5 Å². The normalized spacial score (nSPS) is 17.5. The van der Waals surface area contributed by atoms with E-state index < -0.39 is 42.2 Å². The predicted octanol–water partition coefficient (Wildman–Crippen LogP) is 4.77. The standard InChI is InChI=1S/C16H13F6N3O2/c1-9-7-12(10-3-2-4-11(25(26)27)13(10)23-9)24-6-5-14(8-24,15(17,18)19)16(20,21)22/h2-4,7H,5-6,8H2,1H3. The molecule has 0 unspecified atom stereocenters.